The molecule has 0 bridgehead atoms. The van der Waals surface area contributed by atoms with Gasteiger partial charge in [-0.15, -0.1) is 0 Å². The lowest BCUT2D eigenvalue weighted by Gasteiger charge is -2.27. The fraction of sp³-hybridized carbons (Fsp3) is 0.250. The van der Waals surface area contributed by atoms with Gasteiger partial charge in [0, 0.05) is 11.8 Å². The highest BCUT2D eigenvalue weighted by atomic mass is 35.5. The van der Waals surface area contributed by atoms with E-state index in [2.05, 4.69) is 16.9 Å². The minimum Gasteiger partial charge on any atom is -0.325 e. The van der Waals surface area contributed by atoms with Gasteiger partial charge < -0.3 is 5.32 Å². The molecule has 1 aromatic rings. The van der Waals surface area contributed by atoms with Crippen molar-refractivity contribution < 1.29 is 22.9 Å². The number of nitriles is 1. The minimum absolute atomic E-state index is 0.109. The summed E-state index contributed by atoms with van der Waals surface area (Å²) in [6, 6.07) is 4.04. The van der Waals surface area contributed by atoms with Crippen LogP contribution in [0.2, 0.25) is 5.02 Å². The van der Waals surface area contributed by atoms with E-state index in [1.807, 2.05) is 5.32 Å². The molecule has 2 atom stereocenters. The van der Waals surface area contributed by atoms with Gasteiger partial charge in [0.25, 0.3) is 17.3 Å². The Kier molecular flexibility index (Phi) is 3.55. The summed E-state index contributed by atoms with van der Waals surface area (Å²) >= 11 is 5.63. The molecule has 21 heavy (non-hydrogen) atoms. The molecule has 0 saturated carbocycles. The Morgan fingerprint density at radius 2 is 2.19 bits per heavy atom. The van der Waals surface area contributed by atoms with E-state index >= 15 is 0 Å². The first kappa shape index (κ1) is 15.1. The van der Waals surface area contributed by atoms with E-state index in [0.717, 1.165) is 0 Å². The number of aromatic nitrogens is 1. The molecular weight excluding hydrogens is 309 g/mol. The number of carbonyl (C=O) groups is 1. The Balaban J connectivity index is 2.53. The second-order valence-corrected chi connectivity index (χ2v) is 4.83. The van der Waals surface area contributed by atoms with Crippen LogP contribution < -0.4 is 15.6 Å². The number of amides is 1. The van der Waals surface area contributed by atoms with E-state index in [0.29, 0.717) is 0 Å². The molecule has 0 unspecified atom stereocenters. The predicted molar refractivity (Wildman–Crippen MR) is 66.8 cm³/mol. The molecule has 0 radical (unpaired) electrons. The Morgan fingerprint density at radius 1 is 1.52 bits per heavy atom. The summed E-state index contributed by atoms with van der Waals surface area (Å²) in [5.41, 5.74) is -3.41. The van der Waals surface area contributed by atoms with Crippen LogP contribution in [0.25, 0.3) is 0 Å². The number of H-pyrrole nitrogens is 1. The first-order valence-electron chi connectivity index (χ1n) is 5.64. The van der Waals surface area contributed by atoms with Crippen molar-refractivity contribution in [3.8, 4) is 6.07 Å². The smallest absolute Gasteiger partial charge is 0.325 e. The molecule has 1 aromatic heterocycles. The van der Waals surface area contributed by atoms with Crippen molar-refractivity contribution in [1.82, 2.24) is 5.32 Å². The topological polar surface area (TPSA) is 79.1 Å². The van der Waals surface area contributed by atoms with Crippen molar-refractivity contribution in [2.45, 2.75) is 11.7 Å². The summed E-state index contributed by atoms with van der Waals surface area (Å²) in [4.78, 5) is 14.3. The third-order valence-electron chi connectivity index (χ3n) is 3.10. The molecule has 9 heteroatoms. The van der Waals surface area contributed by atoms with Gasteiger partial charge in [-0.2, -0.15) is 18.4 Å². The van der Waals surface area contributed by atoms with Gasteiger partial charge in [0.1, 0.15) is 12.1 Å². The monoisotopic (exact) mass is 317 g/mol. The molecule has 0 aromatic carbocycles. The molecule has 5 nitrogen and oxygen atoms in total. The summed E-state index contributed by atoms with van der Waals surface area (Å²) < 4.78 is 40.5. The normalized spacial score (nSPS) is 25.4. The van der Waals surface area contributed by atoms with Gasteiger partial charge in [0.05, 0.1) is 11.1 Å². The Hall–Kier alpha value is -2.27. The highest BCUT2D eigenvalue weighted by Gasteiger charge is 2.73. The van der Waals surface area contributed by atoms with Crippen LogP contribution in [0, 0.1) is 17.2 Å². The number of anilines is 1. The maximum absolute atomic E-state index is 13.5. The third kappa shape index (κ3) is 2.29. The number of halogens is 4. The van der Waals surface area contributed by atoms with E-state index < -0.39 is 23.5 Å². The van der Waals surface area contributed by atoms with Crippen LogP contribution in [0.1, 0.15) is 0 Å². The summed E-state index contributed by atoms with van der Waals surface area (Å²) in [7, 11) is 0. The van der Waals surface area contributed by atoms with Crippen LogP contribution in [-0.2, 0) is 4.79 Å². The first-order valence-corrected chi connectivity index (χ1v) is 6.02. The van der Waals surface area contributed by atoms with E-state index in [1.54, 1.807) is 0 Å². The Bertz CT molecular complexity index is 637. The molecule has 0 aliphatic carbocycles. The van der Waals surface area contributed by atoms with Crippen molar-refractivity contribution in [1.29, 1.82) is 5.26 Å². The lowest BCUT2D eigenvalue weighted by Crippen LogP contribution is -2.61. The van der Waals surface area contributed by atoms with Crippen LogP contribution in [-0.4, -0.2) is 17.6 Å². The van der Waals surface area contributed by atoms with Crippen LogP contribution in [0.4, 0.5) is 19.0 Å². The highest BCUT2D eigenvalue weighted by molar-refractivity contribution is 6.30. The molecule has 0 spiro atoms. The van der Waals surface area contributed by atoms with E-state index in [-0.39, 0.29) is 16.5 Å². The molecule has 1 aliphatic heterocycles. The van der Waals surface area contributed by atoms with Crippen LogP contribution in [0.3, 0.4) is 0 Å². The molecule has 3 N–H and O–H groups in total. The minimum atomic E-state index is -5.01. The van der Waals surface area contributed by atoms with Crippen molar-refractivity contribution in [3.63, 3.8) is 0 Å². The molecule has 2 rings (SSSR count). The maximum atomic E-state index is 13.5. The van der Waals surface area contributed by atoms with Crippen LogP contribution in [0.15, 0.2) is 30.6 Å². The fourth-order valence-electron chi connectivity index (χ4n) is 2.07. The molecule has 1 amide bonds. The second kappa shape index (κ2) is 4.93. The third-order valence-corrected chi connectivity index (χ3v) is 3.33. The molecule has 110 valence electrons. The zero-order valence-electron chi connectivity index (χ0n) is 10.4. The Labute approximate surface area is 122 Å². The summed E-state index contributed by atoms with van der Waals surface area (Å²) in [5.74, 6) is -3.29. The van der Waals surface area contributed by atoms with Crippen LogP contribution in [0.5, 0.6) is 0 Å². The lowest BCUT2D eigenvalue weighted by molar-refractivity contribution is -0.362. The average molecular weight is 318 g/mol. The summed E-state index contributed by atoms with van der Waals surface area (Å²) in [6.45, 7) is 3.30. The number of carbonyl (C=O) groups excluding carboxylic acids is 1. The number of aromatic amines is 1. The van der Waals surface area contributed by atoms with Crippen molar-refractivity contribution in [2.24, 2.45) is 5.92 Å². The van der Waals surface area contributed by atoms with Gasteiger partial charge in [-0.05, 0) is 6.07 Å². The zero-order chi connectivity index (χ0) is 15.8. The van der Waals surface area contributed by atoms with E-state index in [1.165, 1.54) is 24.4 Å². The lowest BCUT2D eigenvalue weighted by atomic mass is 9.85. The molecule has 2 heterocycles. The number of hydrogen-bond acceptors (Lipinski definition) is 3. The van der Waals surface area contributed by atoms with Crippen molar-refractivity contribution in [2.75, 3.05) is 5.32 Å². The quantitative estimate of drug-likeness (QED) is 0.870. The molecular formula is C12H9ClF3N4O+. The number of rotatable bonds is 2. The SMILES string of the molecule is C=C1NC(=O)[C@@](Nc2ccc(Cl)c[nH+]2)(C(F)(F)F)[C@H]1C#N. The van der Waals surface area contributed by atoms with Crippen molar-refractivity contribution >= 4 is 23.3 Å². The average Bonchev–Trinajstić information content (AvgIpc) is 2.63. The zero-order valence-corrected chi connectivity index (χ0v) is 11.1. The van der Waals surface area contributed by atoms with Gasteiger partial charge in [0.15, 0.2) is 0 Å². The molecule has 1 saturated heterocycles. The summed E-state index contributed by atoms with van der Waals surface area (Å²) in [6.07, 6.45) is -3.76. The molecule has 1 fully saturated rings. The van der Waals surface area contributed by atoms with Gasteiger partial charge in [-0.25, -0.2) is 4.98 Å². The highest BCUT2D eigenvalue weighted by Crippen LogP contribution is 2.44. The maximum Gasteiger partial charge on any atom is 0.443 e. The fourth-order valence-corrected chi connectivity index (χ4v) is 2.19. The molecule has 1 aliphatic rings. The summed E-state index contributed by atoms with van der Waals surface area (Å²) in [5, 5.41) is 13.3. The van der Waals surface area contributed by atoms with E-state index in [9.17, 15) is 18.0 Å². The second-order valence-electron chi connectivity index (χ2n) is 4.39. The van der Waals surface area contributed by atoms with Crippen LogP contribution >= 0.6 is 11.6 Å². The number of nitrogens with one attached hydrogen (secondary N) is 3. The standard InChI is InChI=1S/C12H8ClF3N4O/c1-6-8(4-17)11(10(21)19-6,12(14,15)16)20-9-3-2-7(13)5-18-9/h2-3,5,8H,1H2,(H,18,20)(H,19,21)/p+1/t8-,11+/m0/s1. The number of alkyl halides is 3. The first-order chi connectivity index (χ1) is 9.72. The number of nitrogens with zero attached hydrogens (tertiary/aromatic N) is 1. The number of pyridine rings is 1. The van der Waals surface area contributed by atoms with Gasteiger partial charge >= 0.3 is 6.18 Å². The largest absolute Gasteiger partial charge is 0.443 e. The van der Waals surface area contributed by atoms with E-state index in [4.69, 9.17) is 16.9 Å². The number of hydrogen-bond donors (Lipinski definition) is 2. The Morgan fingerprint density at radius 3 is 2.67 bits per heavy atom. The van der Waals surface area contributed by atoms with Crippen molar-refractivity contribution in [3.05, 3.63) is 35.6 Å². The predicted octanol–water partition coefficient (Wildman–Crippen LogP) is 1.65. The van der Waals surface area contributed by atoms with Gasteiger partial charge in [0.2, 0.25) is 0 Å². The van der Waals surface area contributed by atoms with Gasteiger partial charge in [-0.3, -0.25) is 10.1 Å². The van der Waals surface area contributed by atoms with Gasteiger partial charge in [-0.1, -0.05) is 18.2 Å².